The lowest BCUT2D eigenvalue weighted by molar-refractivity contribution is -0.122. The number of halogens is 1. The standard InChI is InChI=1S/C22H29ClN2O3S/c1-13-8-9-19(23)12-21(13)25(29(7,27)28)18(6)22(26)24-17(5)20-11-15(3)14(2)10-16(20)4/h8-12,17-18H,1-7H3,(H,24,26). The Morgan fingerprint density at radius 1 is 0.966 bits per heavy atom. The van der Waals surface area contributed by atoms with E-state index in [0.717, 1.165) is 32.8 Å². The summed E-state index contributed by atoms with van der Waals surface area (Å²) in [4.78, 5) is 13.0. The smallest absolute Gasteiger partial charge is 0.244 e. The van der Waals surface area contributed by atoms with Crippen LogP contribution in [0.3, 0.4) is 0 Å². The summed E-state index contributed by atoms with van der Waals surface area (Å²) in [6, 6.07) is 7.96. The van der Waals surface area contributed by atoms with Gasteiger partial charge in [0.1, 0.15) is 6.04 Å². The van der Waals surface area contributed by atoms with E-state index < -0.39 is 16.1 Å². The highest BCUT2D eigenvalue weighted by molar-refractivity contribution is 7.92. The van der Waals surface area contributed by atoms with Crippen molar-refractivity contribution >= 4 is 33.2 Å². The predicted octanol–water partition coefficient (Wildman–Crippen LogP) is 4.61. The third-order valence-electron chi connectivity index (χ3n) is 5.20. The highest BCUT2D eigenvalue weighted by Gasteiger charge is 2.31. The molecule has 0 fully saturated rings. The summed E-state index contributed by atoms with van der Waals surface area (Å²) in [6.45, 7) is 11.4. The van der Waals surface area contributed by atoms with E-state index in [1.165, 1.54) is 5.56 Å². The van der Waals surface area contributed by atoms with Gasteiger partial charge in [-0.1, -0.05) is 29.8 Å². The zero-order valence-electron chi connectivity index (χ0n) is 18.0. The fourth-order valence-corrected chi connectivity index (χ4v) is 4.85. The molecule has 0 saturated heterocycles. The maximum absolute atomic E-state index is 13.0. The molecule has 29 heavy (non-hydrogen) atoms. The van der Waals surface area contributed by atoms with Gasteiger partial charge in [0.15, 0.2) is 0 Å². The third-order valence-corrected chi connectivity index (χ3v) is 6.67. The fourth-order valence-electron chi connectivity index (χ4n) is 3.46. The number of benzene rings is 2. The summed E-state index contributed by atoms with van der Waals surface area (Å²) < 4.78 is 26.2. The number of carbonyl (C=O) groups excluding carboxylic acids is 1. The maximum Gasteiger partial charge on any atom is 0.244 e. The second kappa shape index (κ2) is 8.76. The Bertz CT molecular complexity index is 1030. The first kappa shape index (κ1) is 23.2. The van der Waals surface area contributed by atoms with Crippen LogP contribution in [-0.4, -0.2) is 26.6 Å². The van der Waals surface area contributed by atoms with E-state index in [1.54, 1.807) is 32.0 Å². The first-order valence-electron chi connectivity index (χ1n) is 9.46. The predicted molar refractivity (Wildman–Crippen MR) is 120 cm³/mol. The Kier molecular flexibility index (Phi) is 7.01. The molecule has 1 N–H and O–H groups in total. The van der Waals surface area contributed by atoms with Gasteiger partial charge in [-0.15, -0.1) is 0 Å². The Morgan fingerprint density at radius 2 is 1.55 bits per heavy atom. The number of sulfonamides is 1. The molecule has 0 aliphatic rings. The molecule has 0 aliphatic carbocycles. The van der Waals surface area contributed by atoms with Crippen molar-refractivity contribution in [2.24, 2.45) is 0 Å². The lowest BCUT2D eigenvalue weighted by Gasteiger charge is -2.30. The molecular weight excluding hydrogens is 408 g/mol. The van der Waals surface area contributed by atoms with Gasteiger partial charge in [-0.3, -0.25) is 9.10 Å². The van der Waals surface area contributed by atoms with Gasteiger partial charge in [0.2, 0.25) is 15.9 Å². The lowest BCUT2D eigenvalue weighted by atomic mass is 9.96. The van der Waals surface area contributed by atoms with Gasteiger partial charge in [-0.05, 0) is 81.5 Å². The van der Waals surface area contributed by atoms with Crippen LogP contribution in [0.15, 0.2) is 30.3 Å². The van der Waals surface area contributed by atoms with Crippen molar-refractivity contribution < 1.29 is 13.2 Å². The van der Waals surface area contributed by atoms with Crippen molar-refractivity contribution in [2.45, 2.75) is 53.6 Å². The lowest BCUT2D eigenvalue weighted by Crippen LogP contribution is -2.48. The van der Waals surface area contributed by atoms with Gasteiger partial charge >= 0.3 is 0 Å². The van der Waals surface area contributed by atoms with Crippen LogP contribution in [0.25, 0.3) is 0 Å². The number of amides is 1. The Hall–Kier alpha value is -2.05. The number of rotatable bonds is 6. The molecule has 0 aliphatic heterocycles. The molecule has 0 heterocycles. The van der Waals surface area contributed by atoms with E-state index in [9.17, 15) is 13.2 Å². The molecule has 2 atom stereocenters. The van der Waals surface area contributed by atoms with Crippen molar-refractivity contribution in [3.8, 4) is 0 Å². The van der Waals surface area contributed by atoms with Gasteiger partial charge in [0.25, 0.3) is 0 Å². The van der Waals surface area contributed by atoms with Gasteiger partial charge < -0.3 is 5.32 Å². The van der Waals surface area contributed by atoms with Crippen LogP contribution in [-0.2, 0) is 14.8 Å². The van der Waals surface area contributed by atoms with Crippen LogP contribution in [0.5, 0.6) is 0 Å². The second-order valence-electron chi connectivity index (χ2n) is 7.69. The van der Waals surface area contributed by atoms with Crippen LogP contribution in [0.1, 0.15) is 47.7 Å². The Labute approximate surface area is 179 Å². The van der Waals surface area contributed by atoms with Crippen LogP contribution >= 0.6 is 11.6 Å². The summed E-state index contributed by atoms with van der Waals surface area (Å²) in [5, 5.41) is 3.37. The zero-order chi connectivity index (χ0) is 22.1. The number of nitrogens with one attached hydrogen (secondary N) is 1. The molecular formula is C22H29ClN2O3S. The number of nitrogens with zero attached hydrogens (tertiary/aromatic N) is 1. The summed E-state index contributed by atoms with van der Waals surface area (Å²) in [5.74, 6) is -0.375. The minimum atomic E-state index is -3.71. The summed E-state index contributed by atoms with van der Waals surface area (Å²) in [7, 11) is -3.71. The van der Waals surface area contributed by atoms with E-state index in [-0.39, 0.29) is 11.9 Å². The minimum Gasteiger partial charge on any atom is -0.348 e. The Balaban J connectivity index is 2.35. The van der Waals surface area contributed by atoms with Crippen molar-refractivity contribution in [3.05, 3.63) is 63.2 Å². The summed E-state index contributed by atoms with van der Waals surface area (Å²) in [6.07, 6.45) is 1.09. The molecule has 0 bridgehead atoms. The van der Waals surface area contributed by atoms with Crippen LogP contribution < -0.4 is 9.62 Å². The van der Waals surface area contributed by atoms with Crippen molar-refractivity contribution in [3.63, 3.8) is 0 Å². The molecule has 2 aromatic rings. The van der Waals surface area contributed by atoms with Crippen molar-refractivity contribution in [1.82, 2.24) is 5.32 Å². The van der Waals surface area contributed by atoms with Gasteiger partial charge in [-0.2, -0.15) is 0 Å². The molecule has 0 radical (unpaired) electrons. The van der Waals surface area contributed by atoms with E-state index in [0.29, 0.717) is 10.7 Å². The van der Waals surface area contributed by atoms with Crippen LogP contribution in [0.4, 0.5) is 5.69 Å². The molecule has 1 amide bonds. The van der Waals surface area contributed by atoms with Gasteiger partial charge in [0, 0.05) is 5.02 Å². The maximum atomic E-state index is 13.0. The average Bonchev–Trinajstić information content (AvgIpc) is 2.59. The molecule has 2 rings (SSSR count). The number of hydrogen-bond donors (Lipinski definition) is 1. The van der Waals surface area contributed by atoms with Crippen molar-refractivity contribution in [2.75, 3.05) is 10.6 Å². The molecule has 2 aromatic carbocycles. The quantitative estimate of drug-likeness (QED) is 0.719. The Morgan fingerprint density at radius 3 is 2.14 bits per heavy atom. The fraction of sp³-hybridized carbons (Fsp3) is 0.409. The largest absolute Gasteiger partial charge is 0.348 e. The first-order chi connectivity index (χ1) is 13.3. The monoisotopic (exact) mass is 436 g/mol. The number of hydrogen-bond acceptors (Lipinski definition) is 3. The molecule has 0 aromatic heterocycles. The second-order valence-corrected chi connectivity index (χ2v) is 9.98. The molecule has 0 saturated carbocycles. The summed E-state index contributed by atoms with van der Waals surface area (Å²) in [5.41, 5.74) is 5.55. The highest BCUT2D eigenvalue weighted by atomic mass is 35.5. The third kappa shape index (κ3) is 5.31. The molecule has 158 valence electrons. The highest BCUT2D eigenvalue weighted by Crippen LogP contribution is 2.29. The van der Waals surface area contributed by atoms with E-state index in [4.69, 9.17) is 11.6 Å². The average molecular weight is 437 g/mol. The van der Waals surface area contributed by atoms with Gasteiger partial charge in [0.05, 0.1) is 18.0 Å². The minimum absolute atomic E-state index is 0.258. The summed E-state index contributed by atoms with van der Waals surface area (Å²) >= 11 is 6.08. The number of anilines is 1. The number of carbonyl (C=O) groups is 1. The van der Waals surface area contributed by atoms with E-state index >= 15 is 0 Å². The van der Waals surface area contributed by atoms with E-state index in [2.05, 4.69) is 24.4 Å². The first-order valence-corrected chi connectivity index (χ1v) is 11.7. The number of aryl methyl sites for hydroxylation is 4. The zero-order valence-corrected chi connectivity index (χ0v) is 19.6. The SMILES string of the molecule is Cc1cc(C)c(C(C)NC(=O)C(C)N(c2cc(Cl)ccc2C)S(C)(=O)=O)cc1C. The molecule has 2 unspecified atom stereocenters. The van der Waals surface area contributed by atoms with Crippen LogP contribution in [0, 0.1) is 27.7 Å². The topological polar surface area (TPSA) is 66.5 Å². The van der Waals surface area contributed by atoms with E-state index in [1.807, 2.05) is 20.8 Å². The van der Waals surface area contributed by atoms with Crippen molar-refractivity contribution in [1.29, 1.82) is 0 Å². The van der Waals surface area contributed by atoms with Gasteiger partial charge in [-0.25, -0.2) is 8.42 Å². The van der Waals surface area contributed by atoms with Crippen LogP contribution in [0.2, 0.25) is 5.02 Å². The molecule has 5 nitrogen and oxygen atoms in total. The molecule has 7 heteroatoms. The molecule has 0 spiro atoms. The normalized spacial score (nSPS) is 13.7.